The van der Waals surface area contributed by atoms with E-state index in [0.29, 0.717) is 5.69 Å². The van der Waals surface area contributed by atoms with Crippen molar-refractivity contribution >= 4 is 16.5 Å². The molecule has 132 valence electrons. The largest absolute Gasteiger partial charge is 0.497 e. The van der Waals surface area contributed by atoms with Crippen molar-refractivity contribution in [1.29, 1.82) is 5.26 Å². The van der Waals surface area contributed by atoms with E-state index in [-0.39, 0.29) is 11.1 Å². The summed E-state index contributed by atoms with van der Waals surface area (Å²) < 4.78 is 5.16. The van der Waals surface area contributed by atoms with E-state index in [1.165, 1.54) is 16.9 Å². The summed E-state index contributed by atoms with van der Waals surface area (Å²) in [6.07, 6.45) is 0.870. The molecule has 2 N–H and O–H groups in total. The maximum atomic E-state index is 11.7. The van der Waals surface area contributed by atoms with Gasteiger partial charge in [0.15, 0.2) is 5.13 Å². The van der Waals surface area contributed by atoms with Crippen LogP contribution in [-0.4, -0.2) is 23.6 Å². The highest BCUT2D eigenvalue weighted by Gasteiger charge is 2.11. The average Bonchev–Trinajstić information content (AvgIpc) is 3.11. The molecule has 0 amide bonds. The third-order valence-corrected chi connectivity index (χ3v) is 4.79. The van der Waals surface area contributed by atoms with E-state index in [1.807, 2.05) is 35.7 Å². The van der Waals surface area contributed by atoms with Crippen LogP contribution in [0.15, 0.2) is 40.5 Å². The molecule has 0 bridgehead atoms. The summed E-state index contributed by atoms with van der Waals surface area (Å²) >= 11 is 1.49. The third kappa shape index (κ3) is 3.92. The molecule has 0 saturated carbocycles. The lowest BCUT2D eigenvalue weighted by Crippen LogP contribution is -2.12. The number of anilines is 1. The predicted molar refractivity (Wildman–Crippen MR) is 103 cm³/mol. The first-order valence-corrected chi connectivity index (χ1v) is 8.95. The Balaban J connectivity index is 1.66. The molecule has 26 heavy (non-hydrogen) atoms. The van der Waals surface area contributed by atoms with Crippen LogP contribution in [0.5, 0.6) is 5.75 Å². The number of ether oxygens (including phenoxy) is 1. The molecule has 2 heterocycles. The number of hydrogen-bond donors (Lipinski definition) is 2. The molecule has 0 fully saturated rings. The van der Waals surface area contributed by atoms with Crippen LogP contribution >= 0.6 is 11.3 Å². The first-order valence-electron chi connectivity index (χ1n) is 8.07. The van der Waals surface area contributed by atoms with Crippen LogP contribution < -0.4 is 15.6 Å². The first kappa shape index (κ1) is 17.7. The summed E-state index contributed by atoms with van der Waals surface area (Å²) in [6.45, 7) is 2.56. The van der Waals surface area contributed by atoms with Crippen molar-refractivity contribution < 1.29 is 4.74 Å². The second kappa shape index (κ2) is 7.85. The third-order valence-electron chi connectivity index (χ3n) is 3.99. The molecular formula is C19H18N4O2S. The van der Waals surface area contributed by atoms with Gasteiger partial charge in [0.05, 0.1) is 12.8 Å². The normalized spacial score (nSPS) is 10.3. The van der Waals surface area contributed by atoms with E-state index in [9.17, 15) is 4.79 Å². The zero-order chi connectivity index (χ0) is 18.5. The van der Waals surface area contributed by atoms with Crippen molar-refractivity contribution in [3.05, 3.63) is 62.9 Å². The number of methoxy groups -OCH3 is 1. The molecule has 0 saturated heterocycles. The standard InChI is InChI=1S/C19H18N4O2S/c1-12-16(9-14(10-20)18(24)22-12)17-11-26-19(23-17)21-8-7-13-3-5-15(25-2)6-4-13/h3-6,9,11H,7-8H2,1-2H3,(H,21,23)(H,22,24). The molecule has 3 aromatic rings. The van der Waals surface area contributed by atoms with Gasteiger partial charge in [0.2, 0.25) is 0 Å². The SMILES string of the molecule is COc1ccc(CCNc2nc(-c3cc(C#N)c(=O)[nH]c3C)cs2)cc1. The Morgan fingerprint density at radius 3 is 2.81 bits per heavy atom. The van der Waals surface area contributed by atoms with Gasteiger partial charge >= 0.3 is 0 Å². The van der Waals surface area contributed by atoms with E-state index in [4.69, 9.17) is 10.00 Å². The molecule has 1 aromatic carbocycles. The number of aromatic nitrogens is 2. The van der Waals surface area contributed by atoms with Crippen LogP contribution in [0.2, 0.25) is 0 Å². The van der Waals surface area contributed by atoms with Gasteiger partial charge in [-0.2, -0.15) is 5.26 Å². The van der Waals surface area contributed by atoms with Crippen molar-refractivity contribution in [3.8, 4) is 23.1 Å². The second-order valence-corrected chi connectivity index (χ2v) is 6.58. The van der Waals surface area contributed by atoms with Crippen LogP contribution in [0, 0.1) is 18.3 Å². The maximum absolute atomic E-state index is 11.7. The van der Waals surface area contributed by atoms with Crippen molar-refractivity contribution in [2.24, 2.45) is 0 Å². The number of aromatic amines is 1. The molecule has 6 nitrogen and oxygen atoms in total. The zero-order valence-electron chi connectivity index (χ0n) is 14.5. The lowest BCUT2D eigenvalue weighted by atomic mass is 10.1. The average molecular weight is 366 g/mol. The quantitative estimate of drug-likeness (QED) is 0.698. The number of pyridine rings is 1. The Morgan fingerprint density at radius 2 is 2.12 bits per heavy atom. The summed E-state index contributed by atoms with van der Waals surface area (Å²) in [5.41, 5.74) is 3.14. The Hall–Kier alpha value is -3.11. The van der Waals surface area contributed by atoms with E-state index in [2.05, 4.69) is 15.3 Å². The monoisotopic (exact) mass is 366 g/mol. The molecule has 0 radical (unpaired) electrons. The van der Waals surface area contributed by atoms with Crippen molar-refractivity contribution in [3.63, 3.8) is 0 Å². The number of H-pyrrole nitrogens is 1. The van der Waals surface area contributed by atoms with E-state index >= 15 is 0 Å². The molecule has 0 aliphatic carbocycles. The molecule has 7 heteroatoms. The summed E-state index contributed by atoms with van der Waals surface area (Å²) in [4.78, 5) is 18.9. The van der Waals surface area contributed by atoms with Gasteiger partial charge in [0.1, 0.15) is 17.4 Å². The molecule has 0 aliphatic rings. The molecule has 0 aliphatic heterocycles. The number of rotatable bonds is 6. The van der Waals surface area contributed by atoms with Crippen LogP contribution in [0.25, 0.3) is 11.3 Å². The number of thiazole rings is 1. The van der Waals surface area contributed by atoms with Crippen LogP contribution in [-0.2, 0) is 6.42 Å². The van der Waals surface area contributed by atoms with Crippen molar-refractivity contribution in [2.75, 3.05) is 19.0 Å². The minimum absolute atomic E-state index is 0.0904. The van der Waals surface area contributed by atoms with Gasteiger partial charge in [0.25, 0.3) is 5.56 Å². The van der Waals surface area contributed by atoms with Gasteiger partial charge in [-0.3, -0.25) is 4.79 Å². The highest BCUT2D eigenvalue weighted by molar-refractivity contribution is 7.14. The molecule has 2 aromatic heterocycles. The fourth-order valence-electron chi connectivity index (χ4n) is 2.56. The maximum Gasteiger partial charge on any atom is 0.266 e. The minimum Gasteiger partial charge on any atom is -0.497 e. The topological polar surface area (TPSA) is 90.8 Å². The molecule has 0 atom stereocenters. The smallest absolute Gasteiger partial charge is 0.266 e. The zero-order valence-corrected chi connectivity index (χ0v) is 15.3. The van der Waals surface area contributed by atoms with Gasteiger partial charge in [-0.1, -0.05) is 12.1 Å². The number of hydrogen-bond acceptors (Lipinski definition) is 6. The first-order chi connectivity index (χ1) is 12.6. The van der Waals surface area contributed by atoms with Crippen LogP contribution in [0.4, 0.5) is 5.13 Å². The van der Waals surface area contributed by atoms with Gasteiger partial charge in [0, 0.05) is 23.2 Å². The Labute approximate surface area is 155 Å². The number of nitrogens with one attached hydrogen (secondary N) is 2. The van der Waals surface area contributed by atoms with Gasteiger partial charge in [-0.15, -0.1) is 11.3 Å². The fraction of sp³-hybridized carbons (Fsp3) is 0.211. The molecule has 0 spiro atoms. The van der Waals surface area contributed by atoms with E-state index < -0.39 is 0 Å². The van der Waals surface area contributed by atoms with Crippen molar-refractivity contribution in [1.82, 2.24) is 9.97 Å². The van der Waals surface area contributed by atoms with Crippen LogP contribution in [0.3, 0.4) is 0 Å². The second-order valence-electron chi connectivity index (χ2n) is 5.73. The van der Waals surface area contributed by atoms with E-state index in [1.54, 1.807) is 20.1 Å². The lowest BCUT2D eigenvalue weighted by molar-refractivity contribution is 0.414. The van der Waals surface area contributed by atoms with E-state index in [0.717, 1.165) is 35.1 Å². The fourth-order valence-corrected chi connectivity index (χ4v) is 3.30. The Bertz CT molecular complexity index is 1000. The predicted octanol–water partition coefficient (Wildman–Crippen LogP) is 3.34. The van der Waals surface area contributed by atoms with Gasteiger partial charge < -0.3 is 15.0 Å². The molecule has 0 unspecified atom stereocenters. The summed E-state index contributed by atoms with van der Waals surface area (Å²) in [6, 6.07) is 11.5. The molecular weight excluding hydrogens is 348 g/mol. The van der Waals surface area contributed by atoms with Crippen molar-refractivity contribution in [2.45, 2.75) is 13.3 Å². The minimum atomic E-state index is -0.373. The van der Waals surface area contributed by atoms with Gasteiger partial charge in [-0.25, -0.2) is 4.98 Å². The van der Waals surface area contributed by atoms with Crippen LogP contribution in [0.1, 0.15) is 16.8 Å². The number of nitrogens with zero attached hydrogens (tertiary/aromatic N) is 2. The summed E-state index contributed by atoms with van der Waals surface area (Å²) in [5.74, 6) is 0.847. The number of nitriles is 1. The Morgan fingerprint density at radius 1 is 1.35 bits per heavy atom. The summed E-state index contributed by atoms with van der Waals surface area (Å²) in [5, 5.41) is 15.1. The highest BCUT2D eigenvalue weighted by atomic mass is 32.1. The Kier molecular flexibility index (Phi) is 5.34. The van der Waals surface area contributed by atoms with Gasteiger partial charge in [-0.05, 0) is 37.1 Å². The number of benzene rings is 1. The lowest BCUT2D eigenvalue weighted by Gasteiger charge is -2.05. The highest BCUT2D eigenvalue weighted by Crippen LogP contribution is 2.26. The molecule has 3 rings (SSSR count). The number of aryl methyl sites for hydroxylation is 1. The summed E-state index contributed by atoms with van der Waals surface area (Å²) in [7, 11) is 1.65.